The van der Waals surface area contributed by atoms with E-state index < -0.39 is 6.10 Å². The van der Waals surface area contributed by atoms with Crippen LogP contribution < -0.4 is 14.2 Å². The highest BCUT2D eigenvalue weighted by Crippen LogP contribution is 2.44. The molecule has 0 amide bonds. The molecule has 22 heavy (non-hydrogen) atoms. The van der Waals surface area contributed by atoms with Crippen molar-refractivity contribution in [3.63, 3.8) is 0 Å². The molecule has 0 fully saturated rings. The van der Waals surface area contributed by atoms with Crippen LogP contribution in [-0.4, -0.2) is 31.2 Å². The number of hydrogen-bond donors (Lipinski definition) is 1. The van der Waals surface area contributed by atoms with Crippen LogP contribution in [0.1, 0.15) is 15.9 Å². The Labute approximate surface area is 128 Å². The topological polar surface area (TPSA) is 65.0 Å². The zero-order chi connectivity index (χ0) is 15.7. The van der Waals surface area contributed by atoms with Gasteiger partial charge in [0.15, 0.2) is 17.6 Å². The number of hydrogen-bond acceptors (Lipinski definition) is 5. The van der Waals surface area contributed by atoms with Gasteiger partial charge in [0.1, 0.15) is 5.75 Å². The maximum absolute atomic E-state index is 12.5. The van der Waals surface area contributed by atoms with E-state index in [-0.39, 0.29) is 11.5 Å². The fraction of sp³-hybridized carbons (Fsp3) is 0.235. The van der Waals surface area contributed by atoms with Gasteiger partial charge in [-0.05, 0) is 29.8 Å². The van der Waals surface area contributed by atoms with Crippen molar-refractivity contribution in [1.82, 2.24) is 0 Å². The molecule has 0 saturated heterocycles. The highest BCUT2D eigenvalue weighted by atomic mass is 16.5. The number of carbonyl (C=O) groups is 1. The van der Waals surface area contributed by atoms with E-state index in [9.17, 15) is 9.90 Å². The monoisotopic (exact) mass is 300 g/mol. The highest BCUT2D eigenvalue weighted by Gasteiger charge is 2.36. The summed E-state index contributed by atoms with van der Waals surface area (Å²) in [5.74, 6) is 1.50. The molecular formula is C17H16O5. The summed E-state index contributed by atoms with van der Waals surface area (Å²) < 4.78 is 16.3. The lowest BCUT2D eigenvalue weighted by Crippen LogP contribution is -2.23. The van der Waals surface area contributed by atoms with Crippen molar-refractivity contribution in [2.75, 3.05) is 14.2 Å². The molecule has 1 unspecified atom stereocenters. The number of rotatable bonds is 4. The van der Waals surface area contributed by atoms with Crippen LogP contribution >= 0.6 is 0 Å². The Balaban J connectivity index is 1.89. The second-order valence-corrected chi connectivity index (χ2v) is 5.02. The third kappa shape index (κ3) is 2.35. The molecule has 1 atom stereocenters. The molecule has 2 aromatic rings. The second kappa shape index (κ2) is 5.60. The maximum Gasteiger partial charge on any atom is 0.207 e. The first-order valence-corrected chi connectivity index (χ1v) is 6.87. The fourth-order valence-corrected chi connectivity index (χ4v) is 2.56. The molecule has 0 aromatic heterocycles. The lowest BCUT2D eigenvalue weighted by atomic mass is 10.0. The first-order valence-electron chi connectivity index (χ1n) is 6.87. The Bertz CT molecular complexity index is 706. The van der Waals surface area contributed by atoms with Crippen molar-refractivity contribution < 1.29 is 24.1 Å². The number of methoxy groups -OCH3 is 2. The standard InChI is InChI=1S/C17H16O5/c1-20-13-8-7-12-15(19)14(22-16(12)17(13)21-2)9-10-3-5-11(18)6-4-10/h3-8,14,18H,9H2,1-2H3. The van der Waals surface area contributed by atoms with Crippen molar-refractivity contribution in [3.05, 3.63) is 47.5 Å². The molecule has 0 bridgehead atoms. The Kier molecular flexibility index (Phi) is 3.63. The molecule has 0 spiro atoms. The van der Waals surface area contributed by atoms with E-state index in [2.05, 4.69) is 0 Å². The third-order valence-electron chi connectivity index (χ3n) is 3.68. The molecule has 1 N–H and O–H groups in total. The summed E-state index contributed by atoms with van der Waals surface area (Å²) in [5, 5.41) is 9.31. The van der Waals surface area contributed by atoms with Crippen molar-refractivity contribution in [2.45, 2.75) is 12.5 Å². The summed E-state index contributed by atoms with van der Waals surface area (Å²) in [6, 6.07) is 10.1. The number of carbonyl (C=O) groups excluding carboxylic acids is 1. The van der Waals surface area contributed by atoms with Crippen LogP contribution in [0, 0.1) is 0 Å². The van der Waals surface area contributed by atoms with Crippen LogP contribution in [0.15, 0.2) is 36.4 Å². The first kappa shape index (κ1) is 14.3. The molecule has 5 nitrogen and oxygen atoms in total. The summed E-state index contributed by atoms with van der Waals surface area (Å²) in [6.45, 7) is 0. The van der Waals surface area contributed by atoms with E-state index >= 15 is 0 Å². The van der Waals surface area contributed by atoms with Gasteiger partial charge < -0.3 is 19.3 Å². The van der Waals surface area contributed by atoms with Crippen molar-refractivity contribution >= 4 is 5.78 Å². The van der Waals surface area contributed by atoms with Gasteiger partial charge in [-0.25, -0.2) is 0 Å². The Morgan fingerprint density at radius 2 is 1.82 bits per heavy atom. The van der Waals surface area contributed by atoms with Crippen molar-refractivity contribution in [3.8, 4) is 23.0 Å². The number of ether oxygens (including phenoxy) is 3. The second-order valence-electron chi connectivity index (χ2n) is 5.02. The average molecular weight is 300 g/mol. The van der Waals surface area contributed by atoms with Crippen molar-refractivity contribution in [2.24, 2.45) is 0 Å². The largest absolute Gasteiger partial charge is 0.508 e. The van der Waals surface area contributed by atoms with Crippen LogP contribution in [0.2, 0.25) is 0 Å². The van der Waals surface area contributed by atoms with Gasteiger partial charge >= 0.3 is 0 Å². The van der Waals surface area contributed by atoms with Gasteiger partial charge in [0.05, 0.1) is 19.8 Å². The predicted octanol–water partition coefficient (Wildman–Crippen LogP) is 2.60. The van der Waals surface area contributed by atoms with Gasteiger partial charge in [-0.15, -0.1) is 0 Å². The normalized spacial score (nSPS) is 16.1. The van der Waals surface area contributed by atoms with Gasteiger partial charge in [0, 0.05) is 6.42 Å². The average Bonchev–Trinajstić information content (AvgIpc) is 2.85. The predicted molar refractivity (Wildman–Crippen MR) is 80.1 cm³/mol. The molecular weight excluding hydrogens is 284 g/mol. The quantitative estimate of drug-likeness (QED) is 0.940. The summed E-state index contributed by atoms with van der Waals surface area (Å²) in [7, 11) is 3.05. The van der Waals surface area contributed by atoms with E-state index in [1.165, 1.54) is 14.2 Å². The molecule has 1 aliphatic heterocycles. The maximum atomic E-state index is 12.5. The van der Waals surface area contributed by atoms with Crippen LogP contribution in [0.25, 0.3) is 0 Å². The van der Waals surface area contributed by atoms with Gasteiger partial charge in [-0.3, -0.25) is 4.79 Å². The minimum Gasteiger partial charge on any atom is -0.508 e. The molecule has 1 heterocycles. The lowest BCUT2D eigenvalue weighted by molar-refractivity contribution is 0.0855. The van der Waals surface area contributed by atoms with Gasteiger partial charge in [-0.2, -0.15) is 0 Å². The van der Waals surface area contributed by atoms with Crippen LogP contribution in [-0.2, 0) is 6.42 Å². The summed E-state index contributed by atoms with van der Waals surface area (Å²) in [4.78, 5) is 12.5. The number of phenolic OH excluding ortho intramolecular Hbond substituents is 1. The number of phenols is 1. The van der Waals surface area contributed by atoms with Crippen LogP contribution in [0.5, 0.6) is 23.0 Å². The molecule has 1 aliphatic rings. The van der Waals surface area contributed by atoms with Crippen LogP contribution in [0.4, 0.5) is 0 Å². The van der Waals surface area contributed by atoms with E-state index in [1.54, 1.807) is 36.4 Å². The van der Waals surface area contributed by atoms with E-state index in [1.807, 2.05) is 0 Å². The number of benzene rings is 2. The van der Waals surface area contributed by atoms with E-state index in [0.717, 1.165) is 5.56 Å². The van der Waals surface area contributed by atoms with Crippen molar-refractivity contribution in [1.29, 1.82) is 0 Å². The molecule has 114 valence electrons. The molecule has 0 aliphatic carbocycles. The van der Waals surface area contributed by atoms with E-state index in [4.69, 9.17) is 14.2 Å². The summed E-state index contributed by atoms with van der Waals surface area (Å²) >= 11 is 0. The molecule has 0 saturated carbocycles. The summed E-state index contributed by atoms with van der Waals surface area (Å²) in [5.41, 5.74) is 1.41. The number of aromatic hydroxyl groups is 1. The number of Topliss-reactive ketones (excluding diaryl/α,β-unsaturated/α-hetero) is 1. The summed E-state index contributed by atoms with van der Waals surface area (Å²) in [6.07, 6.45) is -0.167. The zero-order valence-corrected chi connectivity index (χ0v) is 12.3. The molecule has 2 aromatic carbocycles. The minimum absolute atomic E-state index is 0.0796. The minimum atomic E-state index is -0.597. The molecule has 3 rings (SSSR count). The zero-order valence-electron chi connectivity index (χ0n) is 12.3. The Morgan fingerprint density at radius 3 is 2.45 bits per heavy atom. The number of fused-ring (bicyclic) bond motifs is 1. The molecule has 5 heteroatoms. The van der Waals surface area contributed by atoms with Gasteiger partial charge in [0.25, 0.3) is 0 Å². The molecule has 0 radical (unpaired) electrons. The van der Waals surface area contributed by atoms with Gasteiger partial charge in [-0.1, -0.05) is 12.1 Å². The Morgan fingerprint density at radius 1 is 1.09 bits per heavy atom. The Hall–Kier alpha value is -2.69. The van der Waals surface area contributed by atoms with E-state index in [0.29, 0.717) is 29.2 Å². The lowest BCUT2D eigenvalue weighted by Gasteiger charge is -2.12. The fourth-order valence-electron chi connectivity index (χ4n) is 2.56. The van der Waals surface area contributed by atoms with Crippen LogP contribution in [0.3, 0.4) is 0 Å². The smallest absolute Gasteiger partial charge is 0.207 e. The first-order chi connectivity index (χ1) is 10.6. The highest BCUT2D eigenvalue weighted by molar-refractivity contribution is 6.05. The number of ketones is 1. The third-order valence-corrected chi connectivity index (χ3v) is 3.68. The SMILES string of the molecule is COc1ccc2c(c1OC)OC(Cc1ccc(O)cc1)C2=O. The van der Waals surface area contributed by atoms with Gasteiger partial charge in [0.2, 0.25) is 11.5 Å².